The molecular weight excluding hydrogens is 368 g/mol. The lowest BCUT2D eigenvalue weighted by Gasteiger charge is -2.21. The van der Waals surface area contributed by atoms with Crippen LogP contribution >= 0.6 is 0 Å². The summed E-state index contributed by atoms with van der Waals surface area (Å²) in [5.74, 6) is 4.94. The maximum absolute atomic E-state index is 5.55. The Kier molecular flexibility index (Phi) is 3.53. The molecule has 3 aromatic rings. The lowest BCUT2D eigenvalue weighted by molar-refractivity contribution is 0.305. The zero-order valence-electron chi connectivity index (χ0n) is 16.4. The van der Waals surface area contributed by atoms with E-state index in [9.17, 15) is 0 Å². The largest absolute Gasteiger partial charge is 0.356 e. The molecule has 3 aliphatic rings. The van der Waals surface area contributed by atoms with Crippen molar-refractivity contribution in [2.45, 2.75) is 25.9 Å². The van der Waals surface area contributed by atoms with Gasteiger partial charge < -0.3 is 18.9 Å². The molecule has 2 aliphatic heterocycles. The predicted octanol–water partition coefficient (Wildman–Crippen LogP) is 2.03. The summed E-state index contributed by atoms with van der Waals surface area (Å²) in [6.07, 6.45) is 5.52. The van der Waals surface area contributed by atoms with Crippen molar-refractivity contribution in [2.24, 2.45) is 23.9 Å². The van der Waals surface area contributed by atoms with Crippen LogP contribution in [0.3, 0.4) is 0 Å². The number of aromatic nitrogens is 5. The fourth-order valence-corrected chi connectivity index (χ4v) is 4.58. The van der Waals surface area contributed by atoms with Gasteiger partial charge in [-0.2, -0.15) is 4.98 Å². The molecule has 6 rings (SSSR count). The van der Waals surface area contributed by atoms with E-state index in [1.54, 1.807) is 12.7 Å². The molecule has 1 aliphatic carbocycles. The Balaban J connectivity index is 1.09. The highest BCUT2D eigenvalue weighted by Crippen LogP contribution is 2.57. The molecule has 2 fully saturated rings. The number of aryl methyl sites for hydroxylation is 2. The molecule has 9 heteroatoms. The summed E-state index contributed by atoms with van der Waals surface area (Å²) in [5.41, 5.74) is 2.28. The summed E-state index contributed by atoms with van der Waals surface area (Å²) in [6.45, 7) is 5.38. The average Bonchev–Trinajstić information content (AvgIpc) is 3.13. The van der Waals surface area contributed by atoms with Crippen LogP contribution in [0.2, 0.25) is 0 Å². The van der Waals surface area contributed by atoms with Crippen LogP contribution in [0.1, 0.15) is 28.9 Å². The third-order valence-electron chi connectivity index (χ3n) is 6.27. The second-order valence-corrected chi connectivity index (χ2v) is 8.27. The first-order valence-electron chi connectivity index (χ1n) is 9.94. The van der Waals surface area contributed by atoms with E-state index in [2.05, 4.69) is 54.0 Å². The van der Waals surface area contributed by atoms with Crippen molar-refractivity contribution in [3.63, 3.8) is 0 Å². The molecule has 0 N–H and O–H groups in total. The molecular formula is C20H22N8O. The third-order valence-corrected chi connectivity index (χ3v) is 6.27. The van der Waals surface area contributed by atoms with Crippen LogP contribution in [0.5, 0.6) is 0 Å². The molecule has 3 aromatic heterocycles. The standard InChI is InChI=1S/C20H22N8O/c1-12-3-4-16(21-5-12)28-6-13-14(7-28)18(13)20-24-17(29-25-20)9-27-8-15-19(23-11-27)22-10-26(15)2/h3-5,10-11,13-14,18H,6-9H2,1-2H3/t13-,14+,18?. The van der Waals surface area contributed by atoms with Gasteiger partial charge in [-0.3, -0.25) is 0 Å². The third kappa shape index (κ3) is 2.80. The van der Waals surface area contributed by atoms with Crippen molar-refractivity contribution in [1.82, 2.24) is 29.6 Å². The van der Waals surface area contributed by atoms with E-state index in [4.69, 9.17) is 4.52 Å². The van der Waals surface area contributed by atoms with Gasteiger partial charge in [0.25, 0.3) is 0 Å². The van der Waals surface area contributed by atoms with Crippen molar-refractivity contribution in [3.8, 4) is 0 Å². The van der Waals surface area contributed by atoms with E-state index in [1.165, 1.54) is 5.56 Å². The van der Waals surface area contributed by atoms with Crippen LogP contribution in [0.25, 0.3) is 0 Å². The Morgan fingerprint density at radius 3 is 2.83 bits per heavy atom. The SMILES string of the molecule is Cc1ccc(N2C[C@@H]3C(c4noc(CN5C=Nc6ncn(C)c6C5)n4)[C@@H]3C2)nc1. The molecule has 5 heterocycles. The molecule has 3 atom stereocenters. The number of rotatable bonds is 4. The second kappa shape index (κ2) is 6.13. The summed E-state index contributed by atoms with van der Waals surface area (Å²) in [4.78, 5) is 22.4. The zero-order chi connectivity index (χ0) is 19.5. The van der Waals surface area contributed by atoms with Gasteiger partial charge in [0, 0.05) is 32.3 Å². The van der Waals surface area contributed by atoms with Crippen LogP contribution in [0, 0.1) is 18.8 Å². The fourth-order valence-electron chi connectivity index (χ4n) is 4.58. The van der Waals surface area contributed by atoms with E-state index < -0.39 is 0 Å². The monoisotopic (exact) mass is 390 g/mol. The summed E-state index contributed by atoms with van der Waals surface area (Å²) >= 11 is 0. The van der Waals surface area contributed by atoms with Crippen molar-refractivity contribution >= 4 is 18.0 Å². The van der Waals surface area contributed by atoms with Gasteiger partial charge in [-0.25, -0.2) is 15.0 Å². The zero-order valence-corrected chi connectivity index (χ0v) is 16.4. The van der Waals surface area contributed by atoms with Crippen LogP contribution in [0.15, 0.2) is 34.2 Å². The summed E-state index contributed by atoms with van der Waals surface area (Å²) in [6, 6.07) is 4.23. The Morgan fingerprint density at radius 2 is 2.03 bits per heavy atom. The maximum atomic E-state index is 5.55. The number of hydrogen-bond donors (Lipinski definition) is 0. The molecule has 1 saturated carbocycles. The summed E-state index contributed by atoms with van der Waals surface area (Å²) < 4.78 is 7.54. The highest BCUT2D eigenvalue weighted by atomic mass is 16.5. The van der Waals surface area contributed by atoms with Crippen molar-refractivity contribution in [1.29, 1.82) is 0 Å². The van der Waals surface area contributed by atoms with E-state index in [0.29, 0.717) is 30.2 Å². The summed E-state index contributed by atoms with van der Waals surface area (Å²) in [5, 5.41) is 4.28. The molecule has 0 amide bonds. The van der Waals surface area contributed by atoms with Crippen LogP contribution in [-0.4, -0.2) is 49.0 Å². The van der Waals surface area contributed by atoms with Gasteiger partial charge in [0.15, 0.2) is 11.6 Å². The maximum Gasteiger partial charge on any atom is 0.246 e. The lowest BCUT2D eigenvalue weighted by atomic mass is 10.2. The Labute approximate surface area is 168 Å². The lowest BCUT2D eigenvalue weighted by Crippen LogP contribution is -2.25. The molecule has 1 unspecified atom stereocenters. The smallest absolute Gasteiger partial charge is 0.246 e. The van der Waals surface area contributed by atoms with Gasteiger partial charge in [0.05, 0.1) is 31.4 Å². The highest BCUT2D eigenvalue weighted by Gasteiger charge is 2.58. The van der Waals surface area contributed by atoms with E-state index in [0.717, 1.165) is 42.8 Å². The molecule has 0 bridgehead atoms. The van der Waals surface area contributed by atoms with Crippen LogP contribution in [-0.2, 0) is 20.1 Å². The van der Waals surface area contributed by atoms with E-state index in [-0.39, 0.29) is 0 Å². The molecule has 148 valence electrons. The first kappa shape index (κ1) is 16.7. The van der Waals surface area contributed by atoms with Gasteiger partial charge in [-0.15, -0.1) is 0 Å². The Morgan fingerprint density at radius 1 is 1.17 bits per heavy atom. The number of hydrogen-bond acceptors (Lipinski definition) is 8. The Hall–Kier alpha value is -3.23. The van der Waals surface area contributed by atoms with Gasteiger partial charge in [0.2, 0.25) is 5.89 Å². The van der Waals surface area contributed by atoms with Crippen molar-refractivity contribution < 1.29 is 4.52 Å². The van der Waals surface area contributed by atoms with E-state index >= 15 is 0 Å². The minimum Gasteiger partial charge on any atom is -0.356 e. The number of piperidine rings is 1. The molecule has 0 radical (unpaired) electrons. The first-order chi connectivity index (χ1) is 14.2. The van der Waals surface area contributed by atoms with Gasteiger partial charge in [-0.1, -0.05) is 11.2 Å². The molecule has 29 heavy (non-hydrogen) atoms. The average molecular weight is 390 g/mol. The van der Waals surface area contributed by atoms with Crippen LogP contribution in [0.4, 0.5) is 11.6 Å². The van der Waals surface area contributed by atoms with Gasteiger partial charge in [-0.05, 0) is 30.4 Å². The molecule has 0 spiro atoms. The predicted molar refractivity (Wildman–Crippen MR) is 106 cm³/mol. The normalized spacial score (nSPS) is 24.7. The topological polar surface area (TPSA) is 88.5 Å². The van der Waals surface area contributed by atoms with Gasteiger partial charge in [0.1, 0.15) is 5.82 Å². The highest BCUT2D eigenvalue weighted by molar-refractivity contribution is 5.63. The van der Waals surface area contributed by atoms with Crippen molar-refractivity contribution in [3.05, 3.63) is 47.6 Å². The number of aliphatic imine (C=N–C) groups is 1. The number of pyridine rings is 1. The molecule has 9 nitrogen and oxygen atoms in total. The van der Waals surface area contributed by atoms with Crippen molar-refractivity contribution in [2.75, 3.05) is 18.0 Å². The molecule has 1 saturated heterocycles. The fraction of sp³-hybridized carbons (Fsp3) is 0.450. The summed E-state index contributed by atoms with van der Waals surface area (Å²) in [7, 11) is 1.98. The Bertz CT molecular complexity index is 1070. The second-order valence-electron chi connectivity index (χ2n) is 8.27. The first-order valence-corrected chi connectivity index (χ1v) is 9.94. The number of imidazole rings is 1. The minimum absolute atomic E-state index is 0.410. The van der Waals surface area contributed by atoms with E-state index in [1.807, 2.05) is 17.8 Å². The number of fused-ring (bicyclic) bond motifs is 2. The minimum atomic E-state index is 0.410. The van der Waals surface area contributed by atoms with Crippen LogP contribution < -0.4 is 4.90 Å². The molecule has 0 aromatic carbocycles. The number of nitrogens with zero attached hydrogens (tertiary/aromatic N) is 8. The quantitative estimate of drug-likeness (QED) is 0.673. The number of anilines is 1. The van der Waals surface area contributed by atoms with Gasteiger partial charge >= 0.3 is 0 Å².